The second kappa shape index (κ2) is 7.14. The van der Waals surface area contributed by atoms with Crippen LogP contribution in [0.5, 0.6) is 0 Å². The van der Waals surface area contributed by atoms with Crippen LogP contribution in [-0.2, 0) is 14.3 Å². The first-order valence-corrected chi connectivity index (χ1v) is 6.52. The third kappa shape index (κ3) is 5.30. The van der Waals surface area contributed by atoms with E-state index in [1.54, 1.807) is 14.0 Å². The molecule has 0 fully saturated rings. The zero-order chi connectivity index (χ0) is 14.3. The van der Waals surface area contributed by atoms with Gasteiger partial charge in [-0.3, -0.25) is 0 Å². The van der Waals surface area contributed by atoms with Crippen LogP contribution in [0, 0.1) is 0 Å². The van der Waals surface area contributed by atoms with Crippen LogP contribution in [0.15, 0.2) is 30.3 Å². The number of hydrogen-bond donors (Lipinski definition) is 1. The Kier molecular flexibility index (Phi) is 5.83. The molecule has 0 bridgehead atoms. The lowest BCUT2D eigenvalue weighted by molar-refractivity contribution is -0.145. The van der Waals surface area contributed by atoms with Crippen molar-refractivity contribution in [2.75, 3.05) is 19.0 Å². The Balaban J connectivity index is 2.78. The standard InChI is InChI=1S/C15H23NO3/c1-5-19-14(17)13(11-15(2,3)18-4)16-12-9-7-6-8-10-12/h6-10,13,16H,5,11H2,1-4H3. The van der Waals surface area contributed by atoms with Crippen molar-refractivity contribution in [3.63, 3.8) is 0 Å². The second-order valence-electron chi connectivity index (χ2n) is 4.98. The molecule has 1 N–H and O–H groups in total. The maximum absolute atomic E-state index is 12.0. The summed E-state index contributed by atoms with van der Waals surface area (Å²) in [5.41, 5.74) is 0.506. The SMILES string of the molecule is CCOC(=O)C(CC(C)(C)OC)Nc1ccccc1. The molecule has 1 aromatic rings. The molecule has 0 spiro atoms. The van der Waals surface area contributed by atoms with Gasteiger partial charge in [-0.1, -0.05) is 18.2 Å². The van der Waals surface area contributed by atoms with Gasteiger partial charge >= 0.3 is 5.97 Å². The highest BCUT2D eigenvalue weighted by atomic mass is 16.5. The summed E-state index contributed by atoms with van der Waals surface area (Å²) < 4.78 is 10.5. The molecule has 0 amide bonds. The summed E-state index contributed by atoms with van der Waals surface area (Å²) in [6, 6.07) is 9.21. The van der Waals surface area contributed by atoms with Gasteiger partial charge in [-0.2, -0.15) is 0 Å². The lowest BCUT2D eigenvalue weighted by atomic mass is 9.98. The van der Waals surface area contributed by atoms with E-state index in [2.05, 4.69) is 5.32 Å². The Morgan fingerprint density at radius 2 is 1.95 bits per heavy atom. The molecule has 0 aromatic heterocycles. The zero-order valence-corrected chi connectivity index (χ0v) is 12.1. The number of esters is 1. The lowest BCUT2D eigenvalue weighted by Gasteiger charge is -2.28. The van der Waals surface area contributed by atoms with Crippen LogP contribution in [0.25, 0.3) is 0 Å². The van der Waals surface area contributed by atoms with Crippen molar-refractivity contribution in [1.29, 1.82) is 0 Å². The van der Waals surface area contributed by atoms with Crippen molar-refractivity contribution in [3.05, 3.63) is 30.3 Å². The minimum Gasteiger partial charge on any atom is -0.464 e. The minimum absolute atomic E-state index is 0.253. The Hall–Kier alpha value is -1.55. The van der Waals surface area contributed by atoms with Gasteiger partial charge in [0.25, 0.3) is 0 Å². The third-order valence-corrected chi connectivity index (χ3v) is 2.93. The predicted molar refractivity (Wildman–Crippen MR) is 76.2 cm³/mol. The smallest absolute Gasteiger partial charge is 0.328 e. The van der Waals surface area contributed by atoms with E-state index in [4.69, 9.17) is 9.47 Å². The Bertz CT molecular complexity index is 390. The van der Waals surface area contributed by atoms with Crippen LogP contribution >= 0.6 is 0 Å². The summed E-state index contributed by atoms with van der Waals surface area (Å²) in [7, 11) is 1.64. The number of benzene rings is 1. The van der Waals surface area contributed by atoms with E-state index in [1.165, 1.54) is 0 Å². The van der Waals surface area contributed by atoms with Crippen molar-refractivity contribution in [2.45, 2.75) is 38.8 Å². The molecule has 0 aliphatic rings. The number of nitrogens with one attached hydrogen (secondary N) is 1. The van der Waals surface area contributed by atoms with Crippen molar-refractivity contribution >= 4 is 11.7 Å². The number of carbonyl (C=O) groups is 1. The topological polar surface area (TPSA) is 47.6 Å². The van der Waals surface area contributed by atoms with E-state index >= 15 is 0 Å². The number of para-hydroxylation sites is 1. The highest BCUT2D eigenvalue weighted by Crippen LogP contribution is 2.19. The molecule has 4 heteroatoms. The Morgan fingerprint density at radius 1 is 1.32 bits per heavy atom. The fourth-order valence-corrected chi connectivity index (χ4v) is 1.75. The second-order valence-corrected chi connectivity index (χ2v) is 4.98. The highest BCUT2D eigenvalue weighted by Gasteiger charge is 2.28. The average molecular weight is 265 g/mol. The first-order valence-electron chi connectivity index (χ1n) is 6.52. The molecule has 1 unspecified atom stereocenters. The maximum Gasteiger partial charge on any atom is 0.328 e. The van der Waals surface area contributed by atoms with Crippen LogP contribution in [-0.4, -0.2) is 31.3 Å². The summed E-state index contributed by atoms with van der Waals surface area (Å²) in [4.78, 5) is 12.0. The molecule has 1 aromatic carbocycles. The van der Waals surface area contributed by atoms with E-state index < -0.39 is 6.04 Å². The first kappa shape index (κ1) is 15.5. The monoisotopic (exact) mass is 265 g/mol. The van der Waals surface area contributed by atoms with Crippen LogP contribution in [0.2, 0.25) is 0 Å². The van der Waals surface area contributed by atoms with Crippen molar-refractivity contribution in [1.82, 2.24) is 0 Å². The van der Waals surface area contributed by atoms with E-state index in [9.17, 15) is 4.79 Å². The largest absolute Gasteiger partial charge is 0.464 e. The number of rotatable bonds is 7. The average Bonchev–Trinajstić information content (AvgIpc) is 2.39. The molecular weight excluding hydrogens is 242 g/mol. The normalized spacial score (nSPS) is 12.8. The first-order chi connectivity index (χ1) is 8.98. The van der Waals surface area contributed by atoms with Gasteiger partial charge in [-0.25, -0.2) is 4.79 Å². The molecule has 19 heavy (non-hydrogen) atoms. The van der Waals surface area contributed by atoms with Crippen LogP contribution in [0.4, 0.5) is 5.69 Å². The Morgan fingerprint density at radius 3 is 2.47 bits per heavy atom. The number of methoxy groups -OCH3 is 1. The van der Waals surface area contributed by atoms with Gasteiger partial charge in [0, 0.05) is 19.2 Å². The molecule has 0 radical (unpaired) electrons. The van der Waals surface area contributed by atoms with E-state index in [-0.39, 0.29) is 11.6 Å². The summed E-state index contributed by atoms with van der Waals surface area (Å²) in [5.74, 6) is -0.253. The number of anilines is 1. The van der Waals surface area contributed by atoms with Crippen LogP contribution in [0.1, 0.15) is 27.2 Å². The fourth-order valence-electron chi connectivity index (χ4n) is 1.75. The van der Waals surface area contributed by atoms with Crippen molar-refractivity contribution in [2.24, 2.45) is 0 Å². The van der Waals surface area contributed by atoms with Gasteiger partial charge in [0.15, 0.2) is 0 Å². The predicted octanol–water partition coefficient (Wildman–Crippen LogP) is 2.85. The van der Waals surface area contributed by atoms with Gasteiger partial charge in [0.1, 0.15) is 6.04 Å². The lowest BCUT2D eigenvalue weighted by Crippen LogP contribution is -2.39. The summed E-state index contributed by atoms with van der Waals surface area (Å²) in [6.07, 6.45) is 0.539. The van der Waals surface area contributed by atoms with Crippen LogP contribution in [0.3, 0.4) is 0 Å². The number of ether oxygens (including phenoxy) is 2. The molecule has 0 saturated heterocycles. The molecule has 1 rings (SSSR count). The summed E-state index contributed by atoms with van der Waals surface area (Å²) in [6.45, 7) is 6.08. The molecule has 0 aliphatic carbocycles. The molecular formula is C15H23NO3. The highest BCUT2D eigenvalue weighted by molar-refractivity contribution is 5.79. The van der Waals surface area contributed by atoms with Gasteiger partial charge in [0.05, 0.1) is 12.2 Å². The molecule has 0 aliphatic heterocycles. The van der Waals surface area contributed by atoms with E-state index in [1.807, 2.05) is 44.2 Å². The minimum atomic E-state index is -0.419. The molecule has 0 saturated carbocycles. The molecule has 106 valence electrons. The maximum atomic E-state index is 12.0. The van der Waals surface area contributed by atoms with E-state index in [0.717, 1.165) is 5.69 Å². The van der Waals surface area contributed by atoms with Gasteiger partial charge < -0.3 is 14.8 Å². The number of hydrogen-bond acceptors (Lipinski definition) is 4. The van der Waals surface area contributed by atoms with E-state index in [0.29, 0.717) is 13.0 Å². The van der Waals surface area contributed by atoms with Gasteiger partial charge in [-0.15, -0.1) is 0 Å². The molecule has 0 heterocycles. The van der Waals surface area contributed by atoms with Crippen LogP contribution < -0.4 is 5.32 Å². The molecule has 4 nitrogen and oxygen atoms in total. The van der Waals surface area contributed by atoms with Gasteiger partial charge in [0.2, 0.25) is 0 Å². The fraction of sp³-hybridized carbons (Fsp3) is 0.533. The number of carbonyl (C=O) groups excluding carboxylic acids is 1. The van der Waals surface area contributed by atoms with Gasteiger partial charge in [-0.05, 0) is 32.9 Å². The van der Waals surface area contributed by atoms with Crippen molar-refractivity contribution < 1.29 is 14.3 Å². The Labute approximate surface area is 115 Å². The zero-order valence-electron chi connectivity index (χ0n) is 12.1. The third-order valence-electron chi connectivity index (χ3n) is 2.93. The quantitative estimate of drug-likeness (QED) is 0.770. The summed E-state index contributed by atoms with van der Waals surface area (Å²) >= 11 is 0. The molecule has 1 atom stereocenters. The summed E-state index contributed by atoms with van der Waals surface area (Å²) in [5, 5.41) is 3.20. The van der Waals surface area contributed by atoms with Crippen molar-refractivity contribution in [3.8, 4) is 0 Å².